The molecule has 0 saturated heterocycles. The van der Waals surface area contributed by atoms with E-state index in [0.717, 1.165) is 17.1 Å². The minimum Gasteiger partial charge on any atom is -0.378 e. The average molecular weight is 461 g/mol. The highest BCUT2D eigenvalue weighted by molar-refractivity contribution is 6.00. The number of hydrogen-bond acceptors (Lipinski definition) is 6. The third kappa shape index (κ3) is 5.81. The van der Waals surface area contributed by atoms with Crippen molar-refractivity contribution in [2.24, 2.45) is 4.99 Å². The van der Waals surface area contributed by atoms with Gasteiger partial charge in [0, 0.05) is 36.5 Å². The SMILES string of the molecule is C=C/C(=C\C=C/C)Nc1cc(=O)c2c(n1-c1ccccc1)N=C(C)C(NCC(C)(O)OC)=CC2. The maximum atomic E-state index is 13.2. The molecular weight excluding hydrogens is 428 g/mol. The number of fused-ring (bicyclic) bond motifs is 1. The number of anilines is 1. The Balaban J connectivity index is 2.15. The van der Waals surface area contributed by atoms with Crippen molar-refractivity contribution in [1.82, 2.24) is 9.88 Å². The summed E-state index contributed by atoms with van der Waals surface area (Å²) in [6.07, 6.45) is 9.71. The molecule has 2 aromatic rings. The maximum Gasteiger partial charge on any atom is 0.189 e. The van der Waals surface area contributed by atoms with Crippen LogP contribution in [0.15, 0.2) is 94.5 Å². The van der Waals surface area contributed by atoms with Crippen LogP contribution in [0.2, 0.25) is 0 Å². The van der Waals surface area contributed by atoms with Crippen molar-refractivity contribution in [3.63, 3.8) is 0 Å². The first kappa shape index (κ1) is 25.0. The van der Waals surface area contributed by atoms with E-state index in [-0.39, 0.29) is 12.0 Å². The normalized spacial score (nSPS) is 15.6. The third-order valence-electron chi connectivity index (χ3n) is 5.48. The fourth-order valence-electron chi connectivity index (χ4n) is 3.49. The quantitative estimate of drug-likeness (QED) is 0.382. The van der Waals surface area contributed by atoms with Gasteiger partial charge in [-0.1, -0.05) is 43.0 Å². The molecule has 1 unspecified atom stereocenters. The summed E-state index contributed by atoms with van der Waals surface area (Å²) in [7, 11) is 1.45. The molecule has 0 radical (unpaired) electrons. The number of hydrogen-bond donors (Lipinski definition) is 3. The second-order valence-electron chi connectivity index (χ2n) is 8.10. The predicted octanol–water partition coefficient (Wildman–Crippen LogP) is 4.37. The van der Waals surface area contributed by atoms with Crippen LogP contribution < -0.4 is 16.1 Å². The number of aliphatic hydroxyl groups is 1. The molecule has 0 bridgehead atoms. The van der Waals surface area contributed by atoms with Crippen molar-refractivity contribution in [2.45, 2.75) is 33.0 Å². The predicted molar refractivity (Wildman–Crippen MR) is 139 cm³/mol. The number of allylic oxidation sites excluding steroid dienone is 6. The number of nitrogens with zero attached hydrogens (tertiary/aromatic N) is 2. The summed E-state index contributed by atoms with van der Waals surface area (Å²) < 4.78 is 7.03. The van der Waals surface area contributed by atoms with Crippen LogP contribution in [0.3, 0.4) is 0 Å². The van der Waals surface area contributed by atoms with Gasteiger partial charge in [0.2, 0.25) is 0 Å². The molecule has 1 aromatic carbocycles. The second kappa shape index (κ2) is 11.0. The monoisotopic (exact) mass is 460 g/mol. The first-order valence-corrected chi connectivity index (χ1v) is 11.1. The zero-order chi connectivity index (χ0) is 24.7. The minimum atomic E-state index is -1.33. The van der Waals surface area contributed by atoms with Crippen LogP contribution in [0, 0.1) is 0 Å². The van der Waals surface area contributed by atoms with E-state index in [1.807, 2.05) is 73.1 Å². The molecule has 2 heterocycles. The number of para-hydroxylation sites is 1. The molecule has 178 valence electrons. The zero-order valence-corrected chi connectivity index (χ0v) is 20.1. The number of rotatable bonds is 9. The van der Waals surface area contributed by atoms with Gasteiger partial charge in [0.1, 0.15) is 11.6 Å². The lowest BCUT2D eigenvalue weighted by atomic mass is 10.1. The highest BCUT2D eigenvalue weighted by Gasteiger charge is 2.22. The molecule has 0 fully saturated rings. The van der Waals surface area contributed by atoms with Crippen LogP contribution in [0.5, 0.6) is 0 Å². The van der Waals surface area contributed by atoms with E-state index < -0.39 is 5.79 Å². The van der Waals surface area contributed by atoms with E-state index in [9.17, 15) is 9.90 Å². The van der Waals surface area contributed by atoms with Gasteiger partial charge >= 0.3 is 0 Å². The maximum absolute atomic E-state index is 13.2. The van der Waals surface area contributed by atoms with Crippen LogP contribution in [0.25, 0.3) is 5.69 Å². The molecule has 34 heavy (non-hydrogen) atoms. The largest absolute Gasteiger partial charge is 0.378 e. The topological polar surface area (TPSA) is 87.9 Å². The molecule has 7 heteroatoms. The summed E-state index contributed by atoms with van der Waals surface area (Å²) in [6, 6.07) is 11.4. The third-order valence-corrected chi connectivity index (χ3v) is 5.48. The number of benzene rings is 1. The van der Waals surface area contributed by atoms with Gasteiger partial charge in [-0.3, -0.25) is 9.36 Å². The van der Waals surface area contributed by atoms with Crippen LogP contribution in [0.1, 0.15) is 26.3 Å². The first-order chi connectivity index (χ1) is 16.3. The molecule has 3 rings (SSSR count). The van der Waals surface area contributed by atoms with E-state index in [1.165, 1.54) is 7.11 Å². The fourth-order valence-corrected chi connectivity index (χ4v) is 3.49. The van der Waals surface area contributed by atoms with Crippen molar-refractivity contribution in [3.8, 4) is 5.69 Å². The van der Waals surface area contributed by atoms with Gasteiger partial charge in [0.05, 0.1) is 18.0 Å². The number of pyridine rings is 1. The molecule has 1 aromatic heterocycles. The van der Waals surface area contributed by atoms with Gasteiger partial charge in [-0.25, -0.2) is 4.99 Å². The highest BCUT2D eigenvalue weighted by atomic mass is 16.6. The first-order valence-electron chi connectivity index (χ1n) is 11.1. The Morgan fingerprint density at radius 2 is 2.09 bits per heavy atom. The molecule has 3 N–H and O–H groups in total. The minimum absolute atomic E-state index is 0.114. The van der Waals surface area contributed by atoms with Crippen LogP contribution in [-0.2, 0) is 11.2 Å². The number of ether oxygens (including phenoxy) is 1. The van der Waals surface area contributed by atoms with Crippen LogP contribution in [0.4, 0.5) is 11.6 Å². The standard InChI is InChI=1S/C27H32N4O3/c1-6-8-12-20(7-2)30-25-17-24(32)22-15-16-23(28-18-27(4,33)34-5)19(3)29-26(22)31(25)21-13-10-9-11-14-21/h6-14,16-17,28,30,33H,2,15,18H2,1,3-5H3/b8-6-,20-12+. The average Bonchev–Trinajstić information content (AvgIpc) is 2.99. The Morgan fingerprint density at radius 3 is 2.74 bits per heavy atom. The van der Waals surface area contributed by atoms with E-state index in [4.69, 9.17) is 9.73 Å². The number of methoxy groups -OCH3 is 1. The van der Waals surface area contributed by atoms with E-state index in [1.54, 1.807) is 19.1 Å². The lowest BCUT2D eigenvalue weighted by molar-refractivity contribution is -0.165. The van der Waals surface area contributed by atoms with E-state index in [2.05, 4.69) is 17.2 Å². The molecule has 1 aliphatic heterocycles. The number of nitrogens with one attached hydrogen (secondary N) is 2. The summed E-state index contributed by atoms with van der Waals surface area (Å²) in [5, 5.41) is 16.7. The van der Waals surface area contributed by atoms with Gasteiger partial charge in [-0.2, -0.15) is 0 Å². The molecule has 0 amide bonds. The summed E-state index contributed by atoms with van der Waals surface area (Å²) in [6.45, 7) is 9.43. The Labute approximate surface area is 200 Å². The summed E-state index contributed by atoms with van der Waals surface area (Å²) in [4.78, 5) is 18.1. The van der Waals surface area contributed by atoms with Crippen molar-refractivity contribution < 1.29 is 9.84 Å². The van der Waals surface area contributed by atoms with Gasteiger partial charge < -0.3 is 20.5 Å². The molecule has 1 aliphatic rings. The molecule has 0 aliphatic carbocycles. The Hall–Kier alpha value is -3.68. The van der Waals surface area contributed by atoms with Crippen LogP contribution >= 0.6 is 0 Å². The zero-order valence-electron chi connectivity index (χ0n) is 20.1. The van der Waals surface area contributed by atoms with Crippen molar-refractivity contribution in [2.75, 3.05) is 19.0 Å². The number of aromatic nitrogens is 1. The summed E-state index contributed by atoms with van der Waals surface area (Å²) in [5.41, 5.74) is 3.52. The molecule has 0 spiro atoms. The van der Waals surface area contributed by atoms with Crippen molar-refractivity contribution in [3.05, 3.63) is 101 Å². The highest BCUT2D eigenvalue weighted by Crippen LogP contribution is 2.30. The molecule has 7 nitrogen and oxygen atoms in total. The fraction of sp³-hybridized carbons (Fsp3) is 0.259. The van der Waals surface area contributed by atoms with Gasteiger partial charge in [0.25, 0.3) is 0 Å². The lowest BCUT2D eigenvalue weighted by Gasteiger charge is -2.23. The Kier molecular flexibility index (Phi) is 8.04. The van der Waals surface area contributed by atoms with Gasteiger partial charge in [-0.05, 0) is 45.1 Å². The summed E-state index contributed by atoms with van der Waals surface area (Å²) >= 11 is 0. The van der Waals surface area contributed by atoms with E-state index >= 15 is 0 Å². The lowest BCUT2D eigenvalue weighted by Crippen LogP contribution is -2.40. The second-order valence-corrected chi connectivity index (χ2v) is 8.10. The molecular formula is C27H32N4O3. The Bertz CT molecular complexity index is 1220. The smallest absolute Gasteiger partial charge is 0.189 e. The summed E-state index contributed by atoms with van der Waals surface area (Å²) in [5.74, 6) is -0.189. The Morgan fingerprint density at radius 1 is 1.35 bits per heavy atom. The van der Waals surface area contributed by atoms with Crippen molar-refractivity contribution >= 4 is 17.3 Å². The van der Waals surface area contributed by atoms with Gasteiger partial charge in [0.15, 0.2) is 11.2 Å². The number of aliphatic imine (C=N–C) groups is 1. The van der Waals surface area contributed by atoms with Crippen molar-refractivity contribution in [1.29, 1.82) is 0 Å². The van der Waals surface area contributed by atoms with Gasteiger partial charge in [-0.15, -0.1) is 0 Å². The van der Waals surface area contributed by atoms with Crippen LogP contribution in [-0.4, -0.2) is 34.8 Å². The molecule has 0 saturated carbocycles. The molecule has 1 atom stereocenters. The van der Waals surface area contributed by atoms with E-state index in [0.29, 0.717) is 29.3 Å².